The van der Waals surface area contributed by atoms with E-state index >= 15 is 0 Å². The Morgan fingerprint density at radius 3 is 2.89 bits per heavy atom. The summed E-state index contributed by atoms with van der Waals surface area (Å²) in [7, 11) is 1.61. The van der Waals surface area contributed by atoms with Crippen LogP contribution >= 0.6 is 11.6 Å². The van der Waals surface area contributed by atoms with Crippen LogP contribution in [0.3, 0.4) is 0 Å². The molecule has 0 radical (unpaired) electrons. The highest BCUT2D eigenvalue weighted by Gasteiger charge is 2.14. The minimum atomic E-state index is -0.324. The van der Waals surface area contributed by atoms with Crippen LogP contribution in [0, 0.1) is 5.82 Å². The molecule has 5 heteroatoms. The van der Waals surface area contributed by atoms with Crippen LogP contribution in [0.15, 0.2) is 41.0 Å². The number of halogens is 2. The highest BCUT2D eigenvalue weighted by molar-refractivity contribution is 6.30. The monoisotopic (exact) mass is 283 g/mol. The second kappa shape index (κ2) is 6.70. The predicted molar refractivity (Wildman–Crippen MR) is 71.6 cm³/mol. The molecule has 2 aromatic rings. The van der Waals surface area contributed by atoms with Gasteiger partial charge in [-0.2, -0.15) is 0 Å². The van der Waals surface area contributed by atoms with Gasteiger partial charge >= 0.3 is 0 Å². The first-order valence-corrected chi connectivity index (χ1v) is 6.28. The fourth-order valence-electron chi connectivity index (χ4n) is 1.80. The smallest absolute Gasteiger partial charge is 0.129 e. The predicted octanol–water partition coefficient (Wildman–Crippen LogP) is 3.55. The minimum absolute atomic E-state index is 0.116. The number of hydrogen-bond donors (Lipinski definition) is 1. The van der Waals surface area contributed by atoms with Crippen molar-refractivity contribution in [3.8, 4) is 0 Å². The fraction of sp³-hybridized carbons (Fsp3) is 0.286. The summed E-state index contributed by atoms with van der Waals surface area (Å²) in [5.41, 5.74) is 0.553. The number of benzene rings is 1. The maximum absolute atomic E-state index is 13.7. The van der Waals surface area contributed by atoms with Gasteiger partial charge in [0, 0.05) is 24.2 Å². The molecule has 0 fully saturated rings. The van der Waals surface area contributed by atoms with Crippen LogP contribution in [0.4, 0.5) is 4.39 Å². The summed E-state index contributed by atoms with van der Waals surface area (Å²) >= 11 is 5.72. The molecule has 0 saturated heterocycles. The van der Waals surface area contributed by atoms with Crippen LogP contribution in [-0.4, -0.2) is 13.7 Å². The lowest BCUT2D eigenvalue weighted by Crippen LogP contribution is -2.24. The average Bonchev–Trinajstić information content (AvgIpc) is 2.90. The third-order valence-corrected chi connectivity index (χ3v) is 3.01. The van der Waals surface area contributed by atoms with Crippen molar-refractivity contribution in [2.75, 3.05) is 13.7 Å². The Morgan fingerprint density at radius 1 is 1.42 bits per heavy atom. The van der Waals surface area contributed by atoms with Crippen LogP contribution in [0.1, 0.15) is 17.4 Å². The van der Waals surface area contributed by atoms with Crippen molar-refractivity contribution in [1.29, 1.82) is 0 Å². The molecular weight excluding hydrogens is 269 g/mol. The van der Waals surface area contributed by atoms with Crippen LogP contribution in [0.2, 0.25) is 5.02 Å². The maximum atomic E-state index is 13.7. The molecule has 0 bridgehead atoms. The molecule has 1 heterocycles. The topological polar surface area (TPSA) is 34.4 Å². The van der Waals surface area contributed by atoms with E-state index in [0.29, 0.717) is 23.7 Å². The molecule has 0 spiro atoms. The zero-order valence-electron chi connectivity index (χ0n) is 10.5. The van der Waals surface area contributed by atoms with Gasteiger partial charge in [0.05, 0.1) is 18.9 Å². The van der Waals surface area contributed by atoms with Crippen LogP contribution in [0.5, 0.6) is 0 Å². The van der Waals surface area contributed by atoms with E-state index in [1.54, 1.807) is 25.5 Å². The highest BCUT2D eigenvalue weighted by atomic mass is 35.5. The summed E-state index contributed by atoms with van der Waals surface area (Å²) in [4.78, 5) is 0. The van der Waals surface area contributed by atoms with Crippen molar-refractivity contribution in [1.82, 2.24) is 5.32 Å². The first-order chi connectivity index (χ1) is 9.20. The summed E-state index contributed by atoms with van der Waals surface area (Å²) in [5, 5.41) is 3.59. The molecule has 102 valence electrons. The fourth-order valence-corrected chi connectivity index (χ4v) is 1.95. The Labute approximate surface area is 116 Å². The van der Waals surface area contributed by atoms with E-state index in [-0.39, 0.29) is 11.9 Å². The lowest BCUT2D eigenvalue weighted by molar-refractivity contribution is 0.156. The summed E-state index contributed by atoms with van der Waals surface area (Å²) in [5.74, 6) is 0.437. The molecule has 1 aromatic carbocycles. The van der Waals surface area contributed by atoms with Gasteiger partial charge in [0.1, 0.15) is 11.6 Å². The van der Waals surface area contributed by atoms with Crippen molar-refractivity contribution in [3.63, 3.8) is 0 Å². The molecule has 1 atom stereocenters. The molecule has 0 saturated carbocycles. The Hall–Kier alpha value is -1.36. The Balaban J connectivity index is 2.02. The third kappa shape index (κ3) is 3.80. The van der Waals surface area contributed by atoms with E-state index in [1.807, 2.05) is 12.1 Å². The largest absolute Gasteiger partial charge is 0.468 e. The van der Waals surface area contributed by atoms with Gasteiger partial charge in [-0.1, -0.05) is 17.7 Å². The average molecular weight is 284 g/mol. The number of rotatable bonds is 6. The van der Waals surface area contributed by atoms with Crippen molar-refractivity contribution in [2.45, 2.75) is 12.6 Å². The molecule has 1 N–H and O–H groups in total. The maximum Gasteiger partial charge on any atom is 0.129 e. The summed E-state index contributed by atoms with van der Waals surface area (Å²) in [6.45, 7) is 0.820. The lowest BCUT2D eigenvalue weighted by atomic mass is 10.2. The Bertz CT molecular complexity index is 516. The van der Waals surface area contributed by atoms with Gasteiger partial charge in [-0.3, -0.25) is 0 Å². The molecular formula is C14H15ClFNO2. The molecule has 2 rings (SSSR count). The van der Waals surface area contributed by atoms with Gasteiger partial charge in [0.2, 0.25) is 0 Å². The van der Waals surface area contributed by atoms with Gasteiger partial charge in [-0.25, -0.2) is 4.39 Å². The molecule has 0 amide bonds. The van der Waals surface area contributed by atoms with Gasteiger partial charge in [0.25, 0.3) is 0 Å². The molecule has 3 nitrogen and oxygen atoms in total. The van der Waals surface area contributed by atoms with Gasteiger partial charge < -0.3 is 14.5 Å². The molecule has 19 heavy (non-hydrogen) atoms. The standard InChI is InChI=1S/C14H15ClFNO2/c1-18-9-13(14-3-2-6-19-14)17-8-10-4-5-11(15)7-12(10)16/h2-7,13,17H,8-9H2,1H3. The molecule has 0 aliphatic carbocycles. The summed E-state index contributed by atoms with van der Waals surface area (Å²) in [6, 6.07) is 8.18. The van der Waals surface area contributed by atoms with Gasteiger partial charge in [0.15, 0.2) is 0 Å². The van der Waals surface area contributed by atoms with Crippen LogP contribution in [-0.2, 0) is 11.3 Å². The first kappa shape index (κ1) is 14.1. The lowest BCUT2D eigenvalue weighted by Gasteiger charge is -2.16. The zero-order chi connectivity index (χ0) is 13.7. The first-order valence-electron chi connectivity index (χ1n) is 5.90. The van der Waals surface area contributed by atoms with Gasteiger partial charge in [-0.15, -0.1) is 0 Å². The number of hydrogen-bond acceptors (Lipinski definition) is 3. The molecule has 1 unspecified atom stereocenters. The zero-order valence-corrected chi connectivity index (χ0v) is 11.3. The van der Waals surface area contributed by atoms with Crippen molar-refractivity contribution >= 4 is 11.6 Å². The highest BCUT2D eigenvalue weighted by Crippen LogP contribution is 2.17. The number of nitrogens with one attached hydrogen (secondary N) is 1. The molecule has 0 aliphatic heterocycles. The number of ether oxygens (including phenoxy) is 1. The normalized spacial score (nSPS) is 12.6. The second-order valence-electron chi connectivity index (χ2n) is 4.14. The Kier molecular flexibility index (Phi) is 4.96. The summed E-state index contributed by atoms with van der Waals surface area (Å²) < 4.78 is 24.1. The van der Waals surface area contributed by atoms with Crippen molar-refractivity contribution in [2.24, 2.45) is 0 Å². The second-order valence-corrected chi connectivity index (χ2v) is 4.58. The third-order valence-electron chi connectivity index (χ3n) is 2.77. The van der Waals surface area contributed by atoms with E-state index < -0.39 is 0 Å². The molecule has 0 aliphatic rings. The van der Waals surface area contributed by atoms with E-state index in [9.17, 15) is 4.39 Å². The van der Waals surface area contributed by atoms with E-state index in [2.05, 4.69) is 5.32 Å². The van der Waals surface area contributed by atoms with Crippen LogP contribution < -0.4 is 5.32 Å². The SMILES string of the molecule is COCC(NCc1ccc(Cl)cc1F)c1ccco1. The quantitative estimate of drug-likeness (QED) is 0.880. The van der Waals surface area contributed by atoms with E-state index in [4.69, 9.17) is 20.8 Å². The van der Waals surface area contributed by atoms with E-state index in [0.717, 1.165) is 5.76 Å². The number of furan rings is 1. The number of methoxy groups -OCH3 is 1. The summed E-state index contributed by atoms with van der Waals surface area (Å²) in [6.07, 6.45) is 1.60. The van der Waals surface area contributed by atoms with Crippen molar-refractivity contribution < 1.29 is 13.5 Å². The van der Waals surface area contributed by atoms with Crippen LogP contribution in [0.25, 0.3) is 0 Å². The van der Waals surface area contributed by atoms with Gasteiger partial charge in [-0.05, 0) is 24.3 Å². The Morgan fingerprint density at radius 2 is 2.26 bits per heavy atom. The van der Waals surface area contributed by atoms with Crippen molar-refractivity contribution in [3.05, 3.63) is 58.8 Å². The molecule has 1 aromatic heterocycles. The van der Waals surface area contributed by atoms with E-state index in [1.165, 1.54) is 6.07 Å². The minimum Gasteiger partial charge on any atom is -0.468 e.